The molecule has 0 rings (SSSR count). The van der Waals surface area contributed by atoms with E-state index in [9.17, 15) is 19.5 Å². The lowest BCUT2D eigenvalue weighted by atomic mass is 10.0. The van der Waals surface area contributed by atoms with Crippen LogP contribution in [0.1, 0.15) is 168 Å². The van der Waals surface area contributed by atoms with E-state index >= 15 is 0 Å². The maximum atomic E-state index is 12.5. The van der Waals surface area contributed by atoms with Crippen LogP contribution in [0.2, 0.25) is 0 Å². The average molecular weight is 555 g/mol. The molecule has 230 valence electrons. The Labute approximate surface area is 239 Å². The molecule has 0 aliphatic heterocycles. The molecule has 2 unspecified atom stereocenters. The van der Waals surface area contributed by atoms with Crippen LogP contribution in [0.4, 0.5) is 0 Å². The van der Waals surface area contributed by atoms with E-state index in [1.807, 2.05) is 0 Å². The number of nitrogens with one attached hydrogen (secondary N) is 1. The van der Waals surface area contributed by atoms with Gasteiger partial charge in [0.25, 0.3) is 0 Å². The number of nitrogens with two attached hydrogens (primary N) is 1. The van der Waals surface area contributed by atoms with E-state index in [4.69, 9.17) is 10.5 Å². The molecule has 7 heteroatoms. The van der Waals surface area contributed by atoms with Crippen LogP contribution in [0.5, 0.6) is 0 Å². The Bertz CT molecular complexity index is 599. The first-order valence-electron chi connectivity index (χ1n) is 16.4. The van der Waals surface area contributed by atoms with Crippen LogP contribution < -0.4 is 11.1 Å². The van der Waals surface area contributed by atoms with E-state index in [0.29, 0.717) is 32.2 Å². The fraction of sp³-hybridized carbons (Fsp3) is 0.906. The minimum Gasteiger partial charge on any atom is -0.480 e. The van der Waals surface area contributed by atoms with Gasteiger partial charge in [-0.2, -0.15) is 0 Å². The van der Waals surface area contributed by atoms with Gasteiger partial charge in [-0.15, -0.1) is 0 Å². The Kier molecular flexibility index (Phi) is 26.8. The fourth-order valence-corrected chi connectivity index (χ4v) is 4.92. The standard InChI is InChI=1S/C32H62N2O5/c1-3-5-7-9-11-16-20-26-31(36)39-28(22-17-13-10-8-6-4-2)23-18-14-12-15-19-25-30(35)34-29(32(37)38)24-21-27-33/h28-29H,3-27,33H2,1-2H3,(H,34,35)(H,37,38). The third-order valence-corrected chi connectivity index (χ3v) is 7.42. The van der Waals surface area contributed by atoms with E-state index < -0.39 is 12.0 Å². The number of carboxylic acid groups (broad SMARTS) is 1. The van der Waals surface area contributed by atoms with E-state index in [2.05, 4.69) is 19.2 Å². The molecular formula is C32H62N2O5. The molecule has 1 amide bonds. The number of carbonyl (C=O) groups is 3. The van der Waals surface area contributed by atoms with Gasteiger partial charge in [-0.05, 0) is 57.9 Å². The molecule has 0 fully saturated rings. The normalized spacial score (nSPS) is 12.7. The molecule has 0 saturated heterocycles. The molecule has 0 aromatic rings. The van der Waals surface area contributed by atoms with Crippen molar-refractivity contribution in [3.05, 3.63) is 0 Å². The number of aliphatic carboxylic acids is 1. The number of hydrogen-bond acceptors (Lipinski definition) is 5. The Balaban J connectivity index is 4.20. The van der Waals surface area contributed by atoms with Gasteiger partial charge in [-0.1, -0.05) is 104 Å². The van der Waals surface area contributed by atoms with E-state index in [1.54, 1.807) is 0 Å². The molecule has 0 radical (unpaired) electrons. The summed E-state index contributed by atoms with van der Waals surface area (Å²) >= 11 is 0. The summed E-state index contributed by atoms with van der Waals surface area (Å²) in [5.74, 6) is -1.24. The van der Waals surface area contributed by atoms with Crippen LogP contribution in [0, 0.1) is 0 Å². The number of carboxylic acids is 1. The average Bonchev–Trinajstić information content (AvgIpc) is 2.91. The lowest BCUT2D eigenvalue weighted by Gasteiger charge is -2.18. The Hall–Kier alpha value is -1.63. The van der Waals surface area contributed by atoms with Gasteiger partial charge in [0.1, 0.15) is 12.1 Å². The minimum atomic E-state index is -1.00. The van der Waals surface area contributed by atoms with Crippen LogP contribution in [0.3, 0.4) is 0 Å². The Morgan fingerprint density at radius 1 is 0.641 bits per heavy atom. The first kappa shape index (κ1) is 37.4. The smallest absolute Gasteiger partial charge is 0.326 e. The highest BCUT2D eigenvalue weighted by Crippen LogP contribution is 2.18. The summed E-state index contributed by atoms with van der Waals surface area (Å²) in [6.07, 6.45) is 24.4. The molecule has 4 N–H and O–H groups in total. The van der Waals surface area contributed by atoms with Gasteiger partial charge >= 0.3 is 11.9 Å². The third kappa shape index (κ3) is 25.1. The van der Waals surface area contributed by atoms with Crippen molar-refractivity contribution in [1.29, 1.82) is 0 Å². The van der Waals surface area contributed by atoms with Gasteiger partial charge in [0, 0.05) is 12.8 Å². The van der Waals surface area contributed by atoms with E-state index in [0.717, 1.165) is 64.2 Å². The topological polar surface area (TPSA) is 119 Å². The second kappa shape index (κ2) is 27.9. The second-order valence-electron chi connectivity index (χ2n) is 11.2. The molecule has 0 aromatic heterocycles. The maximum absolute atomic E-state index is 12.5. The highest BCUT2D eigenvalue weighted by Gasteiger charge is 2.19. The van der Waals surface area contributed by atoms with E-state index in [1.165, 1.54) is 64.2 Å². The molecule has 2 atom stereocenters. The van der Waals surface area contributed by atoms with Gasteiger partial charge in [0.15, 0.2) is 0 Å². The second-order valence-corrected chi connectivity index (χ2v) is 11.2. The van der Waals surface area contributed by atoms with Crippen molar-refractivity contribution in [2.75, 3.05) is 6.54 Å². The zero-order chi connectivity index (χ0) is 29.0. The molecule has 0 aliphatic rings. The molecule has 0 saturated carbocycles. The number of amides is 1. The number of unbranched alkanes of at least 4 members (excludes halogenated alkanes) is 15. The number of esters is 1. The lowest BCUT2D eigenvalue weighted by molar-refractivity contribution is -0.150. The van der Waals surface area contributed by atoms with Crippen LogP contribution in [0.25, 0.3) is 0 Å². The summed E-state index contributed by atoms with van der Waals surface area (Å²) in [5.41, 5.74) is 5.45. The van der Waals surface area contributed by atoms with Gasteiger partial charge in [-0.25, -0.2) is 4.79 Å². The zero-order valence-electron chi connectivity index (χ0n) is 25.5. The van der Waals surface area contributed by atoms with Gasteiger partial charge in [0.2, 0.25) is 5.91 Å². The van der Waals surface area contributed by atoms with Crippen molar-refractivity contribution in [3.8, 4) is 0 Å². The van der Waals surface area contributed by atoms with Crippen molar-refractivity contribution >= 4 is 17.8 Å². The molecule has 39 heavy (non-hydrogen) atoms. The first-order chi connectivity index (χ1) is 18.9. The largest absolute Gasteiger partial charge is 0.480 e. The first-order valence-corrected chi connectivity index (χ1v) is 16.4. The number of ether oxygens (including phenoxy) is 1. The van der Waals surface area contributed by atoms with Crippen molar-refractivity contribution in [2.24, 2.45) is 5.73 Å². The summed E-state index contributed by atoms with van der Waals surface area (Å²) in [4.78, 5) is 35.8. The molecule has 0 aliphatic carbocycles. The monoisotopic (exact) mass is 554 g/mol. The Morgan fingerprint density at radius 3 is 1.59 bits per heavy atom. The van der Waals surface area contributed by atoms with Gasteiger partial charge in [-0.3, -0.25) is 9.59 Å². The number of hydrogen-bond donors (Lipinski definition) is 3. The molecule has 0 heterocycles. The van der Waals surface area contributed by atoms with Crippen molar-refractivity contribution < 1.29 is 24.2 Å². The van der Waals surface area contributed by atoms with Gasteiger partial charge in [0.05, 0.1) is 0 Å². The SMILES string of the molecule is CCCCCCCCCC(=O)OC(CCCCCCCC)CCCCCCCC(=O)NC(CCCN)C(=O)O. The molecule has 0 spiro atoms. The number of rotatable bonds is 29. The van der Waals surface area contributed by atoms with Gasteiger partial charge < -0.3 is 20.9 Å². The molecular weight excluding hydrogens is 492 g/mol. The minimum absolute atomic E-state index is 0.0282. The van der Waals surface area contributed by atoms with Crippen LogP contribution >= 0.6 is 0 Å². The van der Waals surface area contributed by atoms with Crippen LogP contribution in [-0.4, -0.2) is 41.6 Å². The zero-order valence-corrected chi connectivity index (χ0v) is 25.5. The van der Waals surface area contributed by atoms with Crippen LogP contribution in [-0.2, 0) is 19.1 Å². The molecule has 0 aromatic carbocycles. The van der Waals surface area contributed by atoms with E-state index in [-0.39, 0.29) is 18.0 Å². The summed E-state index contributed by atoms with van der Waals surface area (Å²) < 4.78 is 5.92. The predicted molar refractivity (Wildman–Crippen MR) is 161 cm³/mol. The third-order valence-electron chi connectivity index (χ3n) is 7.42. The highest BCUT2D eigenvalue weighted by atomic mass is 16.5. The summed E-state index contributed by atoms with van der Waals surface area (Å²) in [7, 11) is 0. The fourth-order valence-electron chi connectivity index (χ4n) is 4.92. The van der Waals surface area contributed by atoms with Crippen molar-refractivity contribution in [2.45, 2.75) is 180 Å². The highest BCUT2D eigenvalue weighted by molar-refractivity contribution is 5.83. The van der Waals surface area contributed by atoms with Crippen molar-refractivity contribution in [1.82, 2.24) is 5.32 Å². The summed E-state index contributed by atoms with van der Waals surface area (Å²) in [6, 6.07) is -0.849. The summed E-state index contributed by atoms with van der Waals surface area (Å²) in [6.45, 7) is 4.87. The van der Waals surface area contributed by atoms with Crippen molar-refractivity contribution in [3.63, 3.8) is 0 Å². The predicted octanol–water partition coefficient (Wildman–Crippen LogP) is 7.83. The number of carbonyl (C=O) groups excluding carboxylic acids is 2. The maximum Gasteiger partial charge on any atom is 0.326 e. The molecule has 7 nitrogen and oxygen atoms in total. The summed E-state index contributed by atoms with van der Waals surface area (Å²) in [5, 5.41) is 11.8. The Morgan fingerprint density at radius 2 is 1.10 bits per heavy atom. The molecule has 0 bridgehead atoms. The lowest BCUT2D eigenvalue weighted by Crippen LogP contribution is -2.40. The van der Waals surface area contributed by atoms with Crippen LogP contribution in [0.15, 0.2) is 0 Å². The quantitative estimate of drug-likeness (QED) is 0.0640.